The molecule has 1 aliphatic heterocycles. The quantitative estimate of drug-likeness (QED) is 0.798. The van der Waals surface area contributed by atoms with Crippen LogP contribution in [-0.4, -0.2) is 20.2 Å². The molecule has 1 fully saturated rings. The second-order valence-electron chi connectivity index (χ2n) is 5.62. The number of ether oxygens (including phenoxy) is 1. The molecule has 1 heterocycles. The molecule has 0 unspecified atom stereocenters. The third-order valence-electron chi connectivity index (χ3n) is 4.32. The van der Waals surface area contributed by atoms with Crippen molar-refractivity contribution in [3.8, 4) is 5.75 Å². The van der Waals surface area contributed by atoms with Gasteiger partial charge in [0.25, 0.3) is 0 Å². The van der Waals surface area contributed by atoms with Gasteiger partial charge in [-0.25, -0.2) is 8.78 Å². The van der Waals surface area contributed by atoms with Crippen LogP contribution in [0, 0.1) is 11.6 Å². The molecule has 0 N–H and O–H groups in total. The minimum Gasteiger partial charge on any atom is -0.496 e. The van der Waals surface area contributed by atoms with Crippen molar-refractivity contribution in [1.29, 1.82) is 0 Å². The molecule has 2 nitrogen and oxygen atoms in total. The van der Waals surface area contributed by atoms with E-state index in [0.717, 1.165) is 42.9 Å². The molecule has 3 rings (SSSR count). The van der Waals surface area contributed by atoms with Crippen LogP contribution in [0.3, 0.4) is 0 Å². The van der Waals surface area contributed by atoms with E-state index >= 15 is 0 Å². The molecule has 124 valence electrons. The van der Waals surface area contributed by atoms with E-state index in [2.05, 4.69) is 4.90 Å². The molecular weight excluding hydrogens is 320 g/mol. The number of hydrogen-bond donors (Lipinski definition) is 0. The number of piperidine rings is 1. The van der Waals surface area contributed by atoms with Crippen molar-refractivity contribution in [1.82, 2.24) is 0 Å². The largest absolute Gasteiger partial charge is 0.496 e. The average molecular weight is 340 g/mol. The van der Waals surface area contributed by atoms with Gasteiger partial charge in [0.05, 0.1) is 7.11 Å². The summed E-state index contributed by atoms with van der Waals surface area (Å²) < 4.78 is 31.9. The third kappa shape index (κ3) is 3.94. The highest BCUT2D eigenvalue weighted by Crippen LogP contribution is 2.35. The van der Waals surface area contributed by atoms with E-state index < -0.39 is 0 Å². The number of halogens is 3. The summed E-state index contributed by atoms with van der Waals surface area (Å²) in [7, 11) is 1.62. The molecule has 2 aromatic carbocycles. The molecule has 1 saturated heterocycles. The monoisotopic (exact) mass is 339 g/mol. The van der Waals surface area contributed by atoms with Crippen molar-refractivity contribution in [2.45, 2.75) is 18.8 Å². The van der Waals surface area contributed by atoms with E-state index in [1.54, 1.807) is 31.4 Å². The van der Waals surface area contributed by atoms with Crippen LogP contribution < -0.4 is 9.64 Å². The SMILES string of the molecule is COc1ccc(F)cc1C1CCN(c2ccc(F)cc2)CC1.Cl. The summed E-state index contributed by atoms with van der Waals surface area (Å²) >= 11 is 0. The van der Waals surface area contributed by atoms with E-state index in [4.69, 9.17) is 4.74 Å². The molecule has 1 aliphatic rings. The Hall–Kier alpha value is -1.81. The van der Waals surface area contributed by atoms with Crippen LogP contribution in [0.5, 0.6) is 5.75 Å². The van der Waals surface area contributed by atoms with Crippen LogP contribution in [0.25, 0.3) is 0 Å². The van der Waals surface area contributed by atoms with Gasteiger partial charge < -0.3 is 9.64 Å². The predicted octanol–water partition coefficient (Wildman–Crippen LogP) is 4.78. The average Bonchev–Trinajstić information content (AvgIpc) is 2.56. The van der Waals surface area contributed by atoms with Crippen LogP contribution in [-0.2, 0) is 0 Å². The minimum absolute atomic E-state index is 0. The zero-order valence-corrected chi connectivity index (χ0v) is 13.8. The standard InChI is InChI=1S/C18H19F2NO.ClH/c1-22-18-7-4-15(20)12-17(18)13-8-10-21(11-9-13)16-5-2-14(19)3-6-16;/h2-7,12-13H,8-11H2,1H3;1H. The zero-order valence-electron chi connectivity index (χ0n) is 13.0. The van der Waals surface area contributed by atoms with Gasteiger partial charge in [-0.15, -0.1) is 12.4 Å². The van der Waals surface area contributed by atoms with Crippen LogP contribution >= 0.6 is 12.4 Å². The Morgan fingerprint density at radius 2 is 1.57 bits per heavy atom. The molecule has 0 saturated carbocycles. The van der Waals surface area contributed by atoms with Crippen LogP contribution in [0.15, 0.2) is 42.5 Å². The minimum atomic E-state index is -0.225. The van der Waals surface area contributed by atoms with Gasteiger partial charge in [-0.1, -0.05) is 0 Å². The van der Waals surface area contributed by atoms with Crippen molar-refractivity contribution in [3.63, 3.8) is 0 Å². The molecule has 0 amide bonds. The number of nitrogens with zero attached hydrogens (tertiary/aromatic N) is 1. The molecule has 23 heavy (non-hydrogen) atoms. The van der Waals surface area contributed by atoms with Gasteiger partial charge in [0.15, 0.2) is 0 Å². The molecule has 0 aliphatic carbocycles. The van der Waals surface area contributed by atoms with Crippen molar-refractivity contribution >= 4 is 18.1 Å². The molecular formula is C18H20ClF2NO. The summed E-state index contributed by atoms with van der Waals surface area (Å²) in [6.07, 6.45) is 1.86. The molecule has 2 aromatic rings. The Labute approximate surface area is 141 Å². The first-order chi connectivity index (χ1) is 10.7. The Kier molecular flexibility index (Phi) is 5.83. The zero-order chi connectivity index (χ0) is 15.5. The summed E-state index contributed by atoms with van der Waals surface area (Å²) in [5.41, 5.74) is 1.98. The fraction of sp³-hybridized carbons (Fsp3) is 0.333. The van der Waals surface area contributed by atoms with E-state index in [9.17, 15) is 8.78 Å². The van der Waals surface area contributed by atoms with E-state index in [1.165, 1.54) is 18.2 Å². The summed E-state index contributed by atoms with van der Waals surface area (Å²) in [6.45, 7) is 1.74. The van der Waals surface area contributed by atoms with Crippen molar-refractivity contribution in [2.75, 3.05) is 25.1 Å². The predicted molar refractivity (Wildman–Crippen MR) is 90.8 cm³/mol. The Morgan fingerprint density at radius 3 is 2.17 bits per heavy atom. The summed E-state index contributed by atoms with van der Waals surface area (Å²) in [4.78, 5) is 2.24. The third-order valence-corrected chi connectivity index (χ3v) is 4.32. The highest BCUT2D eigenvalue weighted by molar-refractivity contribution is 5.85. The summed E-state index contributed by atoms with van der Waals surface area (Å²) in [6, 6.07) is 11.3. The lowest BCUT2D eigenvalue weighted by molar-refractivity contribution is 0.395. The highest BCUT2D eigenvalue weighted by atomic mass is 35.5. The highest BCUT2D eigenvalue weighted by Gasteiger charge is 2.23. The van der Waals surface area contributed by atoms with Crippen molar-refractivity contribution < 1.29 is 13.5 Å². The topological polar surface area (TPSA) is 12.5 Å². The summed E-state index contributed by atoms with van der Waals surface area (Å²) in [5, 5.41) is 0. The molecule has 5 heteroatoms. The number of anilines is 1. The van der Waals surface area contributed by atoms with Gasteiger partial charge in [-0.2, -0.15) is 0 Å². The number of hydrogen-bond acceptors (Lipinski definition) is 2. The van der Waals surface area contributed by atoms with Gasteiger partial charge in [0, 0.05) is 24.3 Å². The van der Waals surface area contributed by atoms with Gasteiger partial charge >= 0.3 is 0 Å². The number of methoxy groups -OCH3 is 1. The number of rotatable bonds is 3. The molecule has 0 bridgehead atoms. The lowest BCUT2D eigenvalue weighted by atomic mass is 9.88. The van der Waals surface area contributed by atoms with Gasteiger partial charge in [-0.05, 0) is 61.2 Å². The lowest BCUT2D eigenvalue weighted by Crippen LogP contribution is -2.32. The van der Waals surface area contributed by atoms with Gasteiger partial charge in [-0.3, -0.25) is 0 Å². The van der Waals surface area contributed by atoms with E-state index in [-0.39, 0.29) is 24.0 Å². The Morgan fingerprint density at radius 1 is 0.957 bits per heavy atom. The fourth-order valence-electron chi connectivity index (χ4n) is 3.12. The normalized spacial score (nSPS) is 15.2. The van der Waals surface area contributed by atoms with Crippen molar-refractivity contribution in [3.05, 3.63) is 59.7 Å². The smallest absolute Gasteiger partial charge is 0.123 e. The fourth-order valence-corrected chi connectivity index (χ4v) is 3.12. The molecule has 0 aromatic heterocycles. The van der Waals surface area contributed by atoms with Gasteiger partial charge in [0.2, 0.25) is 0 Å². The van der Waals surface area contributed by atoms with Crippen LogP contribution in [0.2, 0.25) is 0 Å². The maximum atomic E-state index is 13.5. The maximum absolute atomic E-state index is 13.5. The maximum Gasteiger partial charge on any atom is 0.123 e. The first kappa shape index (κ1) is 17.5. The second-order valence-corrected chi connectivity index (χ2v) is 5.62. The van der Waals surface area contributed by atoms with E-state index in [0.29, 0.717) is 5.92 Å². The van der Waals surface area contributed by atoms with Gasteiger partial charge in [0.1, 0.15) is 17.4 Å². The lowest BCUT2D eigenvalue weighted by Gasteiger charge is -2.34. The van der Waals surface area contributed by atoms with E-state index in [1.807, 2.05) is 0 Å². The Balaban J connectivity index is 0.00000192. The molecule has 0 atom stereocenters. The first-order valence-electron chi connectivity index (χ1n) is 7.51. The second kappa shape index (κ2) is 7.64. The number of benzene rings is 2. The summed E-state index contributed by atoms with van der Waals surface area (Å²) in [5.74, 6) is 0.601. The first-order valence-corrected chi connectivity index (χ1v) is 7.51. The van der Waals surface area contributed by atoms with Crippen molar-refractivity contribution in [2.24, 2.45) is 0 Å². The molecule has 0 spiro atoms. The van der Waals surface area contributed by atoms with Crippen LogP contribution in [0.4, 0.5) is 14.5 Å². The Bertz CT molecular complexity index is 640. The molecule has 0 radical (unpaired) electrons. The van der Waals surface area contributed by atoms with Crippen LogP contribution in [0.1, 0.15) is 24.3 Å².